The van der Waals surface area contributed by atoms with E-state index in [0.717, 1.165) is 29.2 Å². The molecular formula is C24H23F4N3O2. The van der Waals surface area contributed by atoms with E-state index in [1.807, 2.05) is 0 Å². The number of nitrogens with zero attached hydrogens (tertiary/aromatic N) is 2. The van der Waals surface area contributed by atoms with Crippen LogP contribution in [0.2, 0.25) is 0 Å². The van der Waals surface area contributed by atoms with Gasteiger partial charge in [-0.2, -0.15) is 18.3 Å². The zero-order valence-electron chi connectivity index (χ0n) is 18.1. The quantitative estimate of drug-likeness (QED) is 0.512. The lowest BCUT2D eigenvalue weighted by Gasteiger charge is -2.20. The zero-order valence-corrected chi connectivity index (χ0v) is 18.1. The SMILES string of the molecule is Cc1cc([C@@H](NC(=O)c2cc(CO)cc(-c3cc(C(F)(F)F)nn3C)c2)C2CC2)ccc1F. The number of aliphatic hydroxyl groups excluding tert-OH is 1. The smallest absolute Gasteiger partial charge is 0.392 e. The molecular weight excluding hydrogens is 438 g/mol. The standard InChI is InChI=1S/C24H23F4N3O2/c1-13-7-16(5-6-19(13)25)22(15-3-4-15)29-23(33)18-9-14(12-32)8-17(10-18)20-11-21(24(26,27)28)30-31(20)2/h5-11,15,22,32H,3-4,12H2,1-2H3,(H,29,33)/t22-/m0/s1. The van der Waals surface area contributed by atoms with Gasteiger partial charge in [0.25, 0.3) is 5.91 Å². The Morgan fingerprint density at radius 3 is 2.52 bits per heavy atom. The summed E-state index contributed by atoms with van der Waals surface area (Å²) < 4.78 is 54.1. The van der Waals surface area contributed by atoms with Crippen LogP contribution in [0.15, 0.2) is 42.5 Å². The Morgan fingerprint density at radius 1 is 1.21 bits per heavy atom. The van der Waals surface area contributed by atoms with E-state index in [0.29, 0.717) is 16.7 Å². The van der Waals surface area contributed by atoms with Gasteiger partial charge in [0.1, 0.15) is 5.82 Å². The van der Waals surface area contributed by atoms with Gasteiger partial charge in [-0.25, -0.2) is 4.39 Å². The number of amides is 1. The number of hydrogen-bond donors (Lipinski definition) is 2. The van der Waals surface area contributed by atoms with Crippen LogP contribution in [0.1, 0.15) is 51.6 Å². The molecule has 0 unspecified atom stereocenters. The van der Waals surface area contributed by atoms with Crippen LogP contribution in [-0.2, 0) is 19.8 Å². The monoisotopic (exact) mass is 461 g/mol. The molecule has 2 aromatic carbocycles. The molecule has 33 heavy (non-hydrogen) atoms. The van der Waals surface area contributed by atoms with Crippen LogP contribution in [-0.4, -0.2) is 20.8 Å². The molecule has 1 atom stereocenters. The maximum absolute atomic E-state index is 13.7. The van der Waals surface area contributed by atoms with Gasteiger partial charge in [-0.1, -0.05) is 12.1 Å². The Kier molecular flexibility index (Phi) is 6.00. The second-order valence-electron chi connectivity index (χ2n) is 8.41. The lowest BCUT2D eigenvalue weighted by molar-refractivity contribution is -0.141. The van der Waals surface area contributed by atoms with E-state index in [9.17, 15) is 27.5 Å². The van der Waals surface area contributed by atoms with Crippen molar-refractivity contribution in [2.24, 2.45) is 13.0 Å². The molecule has 0 radical (unpaired) electrons. The van der Waals surface area contributed by atoms with Crippen LogP contribution >= 0.6 is 0 Å². The number of alkyl halides is 3. The van der Waals surface area contributed by atoms with Crippen LogP contribution < -0.4 is 5.32 Å². The van der Waals surface area contributed by atoms with Gasteiger partial charge in [0, 0.05) is 18.2 Å². The van der Waals surface area contributed by atoms with E-state index in [4.69, 9.17) is 0 Å². The second-order valence-corrected chi connectivity index (χ2v) is 8.41. The minimum Gasteiger partial charge on any atom is -0.392 e. The average molecular weight is 461 g/mol. The molecule has 5 nitrogen and oxygen atoms in total. The Bertz CT molecular complexity index is 1200. The molecule has 0 aliphatic heterocycles. The summed E-state index contributed by atoms with van der Waals surface area (Å²) in [6.07, 6.45) is -2.74. The average Bonchev–Trinajstić information content (AvgIpc) is 3.53. The number of halogens is 4. The minimum absolute atomic E-state index is 0.166. The van der Waals surface area contributed by atoms with Crippen molar-refractivity contribution < 1.29 is 27.5 Å². The van der Waals surface area contributed by atoms with Gasteiger partial charge < -0.3 is 10.4 Å². The topological polar surface area (TPSA) is 67.2 Å². The van der Waals surface area contributed by atoms with Crippen LogP contribution in [0.5, 0.6) is 0 Å². The largest absolute Gasteiger partial charge is 0.435 e. The van der Waals surface area contributed by atoms with Crippen molar-refractivity contribution in [3.05, 3.63) is 76.2 Å². The molecule has 1 fully saturated rings. The summed E-state index contributed by atoms with van der Waals surface area (Å²) in [5, 5.41) is 16.2. The van der Waals surface area contributed by atoms with Crippen LogP contribution in [0, 0.1) is 18.7 Å². The van der Waals surface area contributed by atoms with Gasteiger partial charge in [0.2, 0.25) is 0 Å². The van der Waals surface area contributed by atoms with E-state index < -0.39 is 17.8 Å². The third-order valence-electron chi connectivity index (χ3n) is 5.82. The number of rotatable bonds is 6. The molecule has 0 spiro atoms. The highest BCUT2D eigenvalue weighted by atomic mass is 19.4. The van der Waals surface area contributed by atoms with E-state index in [2.05, 4.69) is 10.4 Å². The fourth-order valence-electron chi connectivity index (χ4n) is 3.93. The summed E-state index contributed by atoms with van der Waals surface area (Å²) in [7, 11) is 1.38. The van der Waals surface area contributed by atoms with E-state index in [1.54, 1.807) is 19.1 Å². The van der Waals surface area contributed by atoms with Crippen LogP contribution in [0.4, 0.5) is 17.6 Å². The number of aryl methyl sites for hydroxylation is 2. The van der Waals surface area contributed by atoms with Crippen molar-refractivity contribution in [2.45, 2.75) is 38.6 Å². The number of aromatic nitrogens is 2. The molecule has 0 bridgehead atoms. The van der Waals surface area contributed by atoms with E-state index >= 15 is 0 Å². The van der Waals surface area contributed by atoms with Crippen molar-refractivity contribution >= 4 is 5.91 Å². The molecule has 1 heterocycles. The van der Waals surface area contributed by atoms with Gasteiger partial charge >= 0.3 is 6.18 Å². The first kappa shape index (κ1) is 23.0. The van der Waals surface area contributed by atoms with Gasteiger partial charge in [-0.3, -0.25) is 9.48 Å². The van der Waals surface area contributed by atoms with Crippen LogP contribution in [0.3, 0.4) is 0 Å². The van der Waals surface area contributed by atoms with Gasteiger partial charge in [0.05, 0.1) is 18.3 Å². The Morgan fingerprint density at radius 2 is 1.94 bits per heavy atom. The summed E-state index contributed by atoms with van der Waals surface area (Å²) in [5.74, 6) is -0.524. The van der Waals surface area contributed by atoms with Crippen molar-refractivity contribution in [1.82, 2.24) is 15.1 Å². The molecule has 0 saturated heterocycles. The number of nitrogens with one attached hydrogen (secondary N) is 1. The maximum atomic E-state index is 13.7. The normalized spacial score (nSPS) is 14.9. The van der Waals surface area contributed by atoms with Crippen LogP contribution in [0.25, 0.3) is 11.3 Å². The Hall–Kier alpha value is -3.20. The first-order valence-electron chi connectivity index (χ1n) is 10.5. The number of carbonyl (C=O) groups excluding carboxylic acids is 1. The molecule has 1 aliphatic rings. The number of carbonyl (C=O) groups is 1. The third-order valence-corrected chi connectivity index (χ3v) is 5.82. The first-order chi connectivity index (χ1) is 15.6. The van der Waals surface area contributed by atoms with Gasteiger partial charge in [-0.05, 0) is 72.7 Å². The molecule has 1 aliphatic carbocycles. The maximum Gasteiger partial charge on any atom is 0.435 e. The van der Waals surface area contributed by atoms with Gasteiger partial charge in [-0.15, -0.1) is 0 Å². The summed E-state index contributed by atoms with van der Waals surface area (Å²) in [4.78, 5) is 13.1. The van der Waals surface area contributed by atoms with Crippen molar-refractivity contribution in [1.29, 1.82) is 0 Å². The van der Waals surface area contributed by atoms with Crippen molar-refractivity contribution in [3.8, 4) is 11.3 Å². The Labute approximate surface area is 188 Å². The number of benzene rings is 2. The van der Waals surface area contributed by atoms with Crippen molar-refractivity contribution in [3.63, 3.8) is 0 Å². The van der Waals surface area contributed by atoms with E-state index in [-0.39, 0.29) is 35.6 Å². The summed E-state index contributed by atoms with van der Waals surface area (Å²) in [6, 6.07) is 9.83. The highest BCUT2D eigenvalue weighted by molar-refractivity contribution is 5.96. The second kappa shape index (κ2) is 8.62. The summed E-state index contributed by atoms with van der Waals surface area (Å²) in [5.41, 5.74) is 1.32. The predicted octanol–water partition coefficient (Wildman–Crippen LogP) is 4.93. The molecule has 1 saturated carbocycles. The molecule has 174 valence electrons. The summed E-state index contributed by atoms with van der Waals surface area (Å²) in [6.45, 7) is 1.27. The van der Waals surface area contributed by atoms with Gasteiger partial charge in [0.15, 0.2) is 5.69 Å². The third kappa shape index (κ3) is 4.93. The first-order valence-corrected chi connectivity index (χ1v) is 10.5. The molecule has 3 aromatic rings. The highest BCUT2D eigenvalue weighted by Crippen LogP contribution is 2.41. The van der Waals surface area contributed by atoms with E-state index in [1.165, 1.54) is 31.3 Å². The highest BCUT2D eigenvalue weighted by Gasteiger charge is 2.35. The fraction of sp³-hybridized carbons (Fsp3) is 0.333. The predicted molar refractivity (Wildman–Crippen MR) is 114 cm³/mol. The molecule has 1 aromatic heterocycles. The molecule has 2 N–H and O–H groups in total. The van der Waals surface area contributed by atoms with Crippen molar-refractivity contribution in [2.75, 3.05) is 0 Å². The minimum atomic E-state index is -4.60. The Balaban J connectivity index is 1.66. The molecule has 4 rings (SSSR count). The molecule has 1 amide bonds. The lowest BCUT2D eigenvalue weighted by atomic mass is 9.98. The fourth-order valence-corrected chi connectivity index (χ4v) is 3.93. The lowest BCUT2D eigenvalue weighted by Crippen LogP contribution is -2.30. The number of hydrogen-bond acceptors (Lipinski definition) is 3. The summed E-state index contributed by atoms with van der Waals surface area (Å²) >= 11 is 0. The zero-order chi connectivity index (χ0) is 23.9. The number of aliphatic hydroxyl groups is 1. The molecule has 9 heteroatoms.